The van der Waals surface area contributed by atoms with Crippen molar-refractivity contribution in [3.8, 4) is 45.0 Å². The van der Waals surface area contributed by atoms with E-state index >= 15 is 0 Å². The second-order valence-corrected chi connectivity index (χ2v) is 8.90. The fourth-order valence-corrected chi connectivity index (χ4v) is 4.46. The maximum Gasteiger partial charge on any atom is 0.0973 e. The van der Waals surface area contributed by atoms with E-state index in [4.69, 9.17) is 9.97 Å². The standard InChI is InChI=1S/C32H24N4/c1-21-9-10-22(2)30-29(21)35-31(25-15-11-23(12-16-25)27-7-3-5-19-33-27)32(36-30)26-17-13-24(14-18-26)28-8-4-6-20-34-28/h3-20H,1-2H3. The molecule has 0 amide bonds. The first-order valence-corrected chi connectivity index (χ1v) is 12.0. The molecular formula is C32H24N4. The molecule has 0 aliphatic rings. The molecule has 3 heterocycles. The van der Waals surface area contributed by atoms with Gasteiger partial charge in [-0.3, -0.25) is 9.97 Å². The predicted octanol–water partition coefficient (Wildman–Crippen LogP) is 7.70. The van der Waals surface area contributed by atoms with Crippen molar-refractivity contribution in [3.63, 3.8) is 0 Å². The molecule has 6 aromatic rings. The van der Waals surface area contributed by atoms with Crippen LogP contribution in [0.5, 0.6) is 0 Å². The van der Waals surface area contributed by atoms with E-state index in [0.717, 1.165) is 67.2 Å². The van der Waals surface area contributed by atoms with E-state index in [2.05, 4.69) is 84.5 Å². The van der Waals surface area contributed by atoms with Gasteiger partial charge in [0, 0.05) is 34.6 Å². The van der Waals surface area contributed by atoms with Crippen molar-refractivity contribution in [1.82, 2.24) is 19.9 Å². The number of fused-ring (bicyclic) bond motifs is 1. The van der Waals surface area contributed by atoms with Crippen molar-refractivity contribution in [2.45, 2.75) is 13.8 Å². The van der Waals surface area contributed by atoms with E-state index in [-0.39, 0.29) is 0 Å². The molecule has 0 unspecified atom stereocenters. The lowest BCUT2D eigenvalue weighted by atomic mass is 9.99. The molecule has 0 bridgehead atoms. The van der Waals surface area contributed by atoms with Gasteiger partial charge in [-0.2, -0.15) is 0 Å². The van der Waals surface area contributed by atoms with E-state index in [1.165, 1.54) is 0 Å². The lowest BCUT2D eigenvalue weighted by Crippen LogP contribution is -1.98. The molecule has 0 aliphatic heterocycles. The summed E-state index contributed by atoms with van der Waals surface area (Å²) in [7, 11) is 0. The summed E-state index contributed by atoms with van der Waals surface area (Å²) in [6.45, 7) is 4.18. The maximum atomic E-state index is 5.17. The first-order chi connectivity index (χ1) is 17.7. The number of pyridine rings is 2. The van der Waals surface area contributed by atoms with E-state index < -0.39 is 0 Å². The zero-order chi connectivity index (χ0) is 24.5. The van der Waals surface area contributed by atoms with Gasteiger partial charge in [-0.05, 0) is 49.2 Å². The third-order valence-electron chi connectivity index (χ3n) is 6.46. The van der Waals surface area contributed by atoms with Gasteiger partial charge in [-0.25, -0.2) is 9.97 Å². The van der Waals surface area contributed by atoms with Crippen LogP contribution < -0.4 is 0 Å². The predicted molar refractivity (Wildman–Crippen MR) is 146 cm³/mol. The van der Waals surface area contributed by atoms with Crippen molar-refractivity contribution >= 4 is 11.0 Å². The second kappa shape index (κ2) is 9.16. The highest BCUT2D eigenvalue weighted by Gasteiger charge is 2.16. The Morgan fingerprint density at radius 1 is 0.417 bits per heavy atom. The first kappa shape index (κ1) is 21.8. The molecule has 0 spiro atoms. The van der Waals surface area contributed by atoms with Crippen LogP contribution in [-0.2, 0) is 0 Å². The van der Waals surface area contributed by atoms with Gasteiger partial charge in [0.05, 0.1) is 33.8 Å². The summed E-state index contributed by atoms with van der Waals surface area (Å²) in [6.07, 6.45) is 3.63. The topological polar surface area (TPSA) is 51.6 Å². The smallest absolute Gasteiger partial charge is 0.0973 e. The number of aromatic nitrogens is 4. The Kier molecular flexibility index (Phi) is 5.55. The van der Waals surface area contributed by atoms with E-state index in [1.807, 2.05) is 48.8 Å². The molecule has 0 fully saturated rings. The van der Waals surface area contributed by atoms with Gasteiger partial charge in [0.15, 0.2) is 0 Å². The molecule has 3 aromatic carbocycles. The molecule has 0 aliphatic carbocycles. The van der Waals surface area contributed by atoms with Crippen LogP contribution in [0, 0.1) is 13.8 Å². The van der Waals surface area contributed by atoms with Gasteiger partial charge < -0.3 is 0 Å². The fourth-order valence-electron chi connectivity index (χ4n) is 4.46. The SMILES string of the molecule is Cc1ccc(C)c2nc(-c3ccc(-c4ccccn4)cc3)c(-c3ccc(-c4ccccn4)cc3)nc12. The van der Waals surface area contributed by atoms with Crippen LogP contribution in [0.15, 0.2) is 109 Å². The zero-order valence-corrected chi connectivity index (χ0v) is 20.2. The summed E-state index contributed by atoms with van der Waals surface area (Å²) in [5.74, 6) is 0. The minimum atomic E-state index is 0.870. The highest BCUT2D eigenvalue weighted by molar-refractivity contribution is 5.89. The molecule has 0 saturated carbocycles. The molecule has 3 aromatic heterocycles. The molecule has 0 saturated heterocycles. The lowest BCUT2D eigenvalue weighted by Gasteiger charge is -2.14. The van der Waals surface area contributed by atoms with Gasteiger partial charge in [0.25, 0.3) is 0 Å². The minimum absolute atomic E-state index is 0.870. The van der Waals surface area contributed by atoms with Crippen molar-refractivity contribution in [1.29, 1.82) is 0 Å². The Bertz CT molecular complexity index is 1530. The number of nitrogens with zero attached hydrogens (tertiary/aromatic N) is 4. The number of hydrogen-bond acceptors (Lipinski definition) is 4. The highest BCUT2D eigenvalue weighted by Crippen LogP contribution is 2.34. The van der Waals surface area contributed by atoms with Crippen molar-refractivity contribution < 1.29 is 0 Å². The van der Waals surface area contributed by atoms with Gasteiger partial charge >= 0.3 is 0 Å². The van der Waals surface area contributed by atoms with E-state index in [1.54, 1.807) is 0 Å². The van der Waals surface area contributed by atoms with Crippen molar-refractivity contribution in [2.75, 3.05) is 0 Å². The van der Waals surface area contributed by atoms with Crippen LogP contribution in [0.1, 0.15) is 11.1 Å². The van der Waals surface area contributed by atoms with Gasteiger partial charge in [-0.15, -0.1) is 0 Å². The van der Waals surface area contributed by atoms with Crippen molar-refractivity contribution in [2.24, 2.45) is 0 Å². The number of hydrogen-bond donors (Lipinski definition) is 0. The molecule has 36 heavy (non-hydrogen) atoms. The highest BCUT2D eigenvalue weighted by atomic mass is 14.8. The zero-order valence-electron chi connectivity index (χ0n) is 20.2. The van der Waals surface area contributed by atoms with Crippen LogP contribution >= 0.6 is 0 Å². The Hall–Kier alpha value is -4.70. The molecule has 4 nitrogen and oxygen atoms in total. The number of benzene rings is 3. The lowest BCUT2D eigenvalue weighted by molar-refractivity contribution is 1.25. The largest absolute Gasteiger partial charge is 0.256 e. The summed E-state index contributed by atoms with van der Waals surface area (Å²) >= 11 is 0. The quantitative estimate of drug-likeness (QED) is 0.268. The number of aryl methyl sites for hydroxylation is 2. The average molecular weight is 465 g/mol. The molecule has 0 N–H and O–H groups in total. The summed E-state index contributed by atoms with van der Waals surface area (Å²) in [4.78, 5) is 19.3. The fraction of sp³-hybridized carbons (Fsp3) is 0.0625. The Morgan fingerprint density at radius 2 is 0.806 bits per heavy atom. The molecule has 172 valence electrons. The first-order valence-electron chi connectivity index (χ1n) is 12.0. The average Bonchev–Trinajstić information content (AvgIpc) is 2.96. The molecule has 0 atom stereocenters. The molecule has 0 radical (unpaired) electrons. The third kappa shape index (κ3) is 4.03. The number of rotatable bonds is 4. The van der Waals surface area contributed by atoms with Crippen molar-refractivity contribution in [3.05, 3.63) is 121 Å². The second-order valence-electron chi connectivity index (χ2n) is 8.90. The van der Waals surface area contributed by atoms with E-state index in [0.29, 0.717) is 0 Å². The minimum Gasteiger partial charge on any atom is -0.256 e. The van der Waals surface area contributed by atoms with Gasteiger partial charge in [0.1, 0.15) is 0 Å². The summed E-state index contributed by atoms with van der Waals surface area (Å²) in [6, 6.07) is 33.0. The summed E-state index contributed by atoms with van der Waals surface area (Å²) in [5.41, 5.74) is 11.9. The van der Waals surface area contributed by atoms with Crippen LogP contribution in [-0.4, -0.2) is 19.9 Å². The van der Waals surface area contributed by atoms with E-state index in [9.17, 15) is 0 Å². The molecular weight excluding hydrogens is 440 g/mol. The maximum absolute atomic E-state index is 5.17. The Labute approximate surface area is 210 Å². The molecule has 4 heteroatoms. The van der Waals surface area contributed by atoms with Gasteiger partial charge in [0.2, 0.25) is 0 Å². The Morgan fingerprint density at radius 3 is 1.17 bits per heavy atom. The Balaban J connectivity index is 1.50. The normalized spacial score (nSPS) is 11.1. The van der Waals surface area contributed by atoms with Crippen LogP contribution in [0.4, 0.5) is 0 Å². The van der Waals surface area contributed by atoms with Gasteiger partial charge in [-0.1, -0.05) is 72.8 Å². The van der Waals surface area contributed by atoms with Crippen LogP contribution in [0.2, 0.25) is 0 Å². The summed E-state index contributed by atoms with van der Waals surface area (Å²) < 4.78 is 0. The summed E-state index contributed by atoms with van der Waals surface area (Å²) in [5, 5.41) is 0. The molecule has 6 rings (SSSR count). The van der Waals surface area contributed by atoms with Crippen LogP contribution in [0.25, 0.3) is 56.1 Å². The van der Waals surface area contributed by atoms with Crippen LogP contribution in [0.3, 0.4) is 0 Å². The monoisotopic (exact) mass is 464 g/mol. The third-order valence-corrected chi connectivity index (χ3v) is 6.46.